The Balaban J connectivity index is 1.93. The zero-order chi connectivity index (χ0) is 16.9. The molecule has 24 heavy (non-hydrogen) atoms. The summed E-state index contributed by atoms with van der Waals surface area (Å²) in [4.78, 5) is 23.4. The Kier molecular flexibility index (Phi) is 5.10. The highest BCUT2D eigenvalue weighted by molar-refractivity contribution is 8.00. The molecular weight excluding hydrogens is 322 g/mol. The number of hydrogen-bond acceptors (Lipinski definition) is 5. The van der Waals surface area contributed by atoms with Crippen LogP contribution in [0.1, 0.15) is 24.7 Å². The molecule has 1 unspecified atom stereocenters. The number of hydrogen-bond donors (Lipinski definition) is 0. The summed E-state index contributed by atoms with van der Waals surface area (Å²) in [5.74, 6) is 0.602. The molecule has 7 heteroatoms. The number of rotatable bonds is 6. The number of likely N-dealkylation sites (N-methyl/N-ethyl adjacent to an activating group) is 1. The van der Waals surface area contributed by atoms with Crippen LogP contribution in [0.25, 0.3) is 5.78 Å². The maximum absolute atomic E-state index is 13.0. The Hall–Kier alpha value is -2.41. The molecule has 0 spiro atoms. The third-order valence-corrected chi connectivity index (χ3v) is 4.82. The van der Waals surface area contributed by atoms with Gasteiger partial charge in [-0.25, -0.2) is 9.50 Å². The molecule has 0 bridgehead atoms. The molecule has 1 amide bonds. The summed E-state index contributed by atoms with van der Waals surface area (Å²) < 4.78 is 1.62. The molecule has 3 aromatic rings. The molecule has 0 N–H and O–H groups in total. The first-order valence-electron chi connectivity index (χ1n) is 7.90. The number of fused-ring (bicyclic) bond motifs is 1. The molecule has 2 aromatic heterocycles. The molecule has 0 aliphatic rings. The van der Waals surface area contributed by atoms with Crippen molar-refractivity contribution in [2.24, 2.45) is 0 Å². The van der Waals surface area contributed by atoms with Gasteiger partial charge < -0.3 is 4.90 Å². The van der Waals surface area contributed by atoms with Crippen molar-refractivity contribution in [3.63, 3.8) is 0 Å². The Bertz CT molecular complexity index is 783. The lowest BCUT2D eigenvalue weighted by molar-refractivity contribution is -0.130. The normalized spacial score (nSPS) is 12.2. The van der Waals surface area contributed by atoms with Gasteiger partial charge in [0.15, 0.2) is 0 Å². The number of thioether (sulfide) groups is 1. The number of carbonyl (C=O) groups is 1. The van der Waals surface area contributed by atoms with Gasteiger partial charge in [0.1, 0.15) is 5.25 Å². The lowest BCUT2D eigenvalue weighted by Crippen LogP contribution is -2.33. The fourth-order valence-corrected chi connectivity index (χ4v) is 3.48. The highest BCUT2D eigenvalue weighted by Crippen LogP contribution is 2.35. The quantitative estimate of drug-likeness (QED) is 0.645. The van der Waals surface area contributed by atoms with E-state index in [-0.39, 0.29) is 11.2 Å². The lowest BCUT2D eigenvalue weighted by atomic mass is 10.1. The van der Waals surface area contributed by atoms with Crippen LogP contribution in [0.15, 0.2) is 53.9 Å². The van der Waals surface area contributed by atoms with E-state index in [2.05, 4.69) is 15.1 Å². The fraction of sp³-hybridized carbons (Fsp3) is 0.294. The molecule has 0 radical (unpaired) electrons. The molecule has 3 rings (SSSR count). The topological polar surface area (TPSA) is 63.4 Å². The van der Waals surface area contributed by atoms with Gasteiger partial charge in [-0.05, 0) is 25.5 Å². The summed E-state index contributed by atoms with van der Waals surface area (Å²) in [6.45, 7) is 5.33. The molecular formula is C17H19N5OS. The van der Waals surface area contributed by atoms with Crippen molar-refractivity contribution >= 4 is 23.4 Å². The smallest absolute Gasteiger partial charge is 0.253 e. The van der Waals surface area contributed by atoms with Crippen molar-refractivity contribution < 1.29 is 4.79 Å². The van der Waals surface area contributed by atoms with E-state index < -0.39 is 0 Å². The second-order valence-corrected chi connectivity index (χ2v) is 6.25. The largest absolute Gasteiger partial charge is 0.342 e. The molecule has 0 saturated carbocycles. The average Bonchev–Trinajstić information content (AvgIpc) is 3.04. The van der Waals surface area contributed by atoms with E-state index in [0.29, 0.717) is 24.0 Å². The second-order valence-electron chi connectivity index (χ2n) is 5.18. The summed E-state index contributed by atoms with van der Waals surface area (Å²) in [5.41, 5.74) is 0.950. The molecule has 0 fully saturated rings. The zero-order valence-electron chi connectivity index (χ0n) is 13.7. The molecule has 2 heterocycles. The van der Waals surface area contributed by atoms with Crippen LogP contribution < -0.4 is 0 Å². The number of aromatic nitrogens is 4. The van der Waals surface area contributed by atoms with Crippen molar-refractivity contribution in [3.05, 3.63) is 54.4 Å². The van der Waals surface area contributed by atoms with Gasteiger partial charge in [-0.15, -0.1) is 5.10 Å². The van der Waals surface area contributed by atoms with Crippen LogP contribution in [0.5, 0.6) is 0 Å². The zero-order valence-corrected chi connectivity index (χ0v) is 14.5. The predicted molar refractivity (Wildman–Crippen MR) is 93.8 cm³/mol. The lowest BCUT2D eigenvalue weighted by Gasteiger charge is -2.24. The van der Waals surface area contributed by atoms with E-state index in [1.54, 1.807) is 23.0 Å². The van der Waals surface area contributed by atoms with Gasteiger partial charge in [-0.1, -0.05) is 42.1 Å². The van der Waals surface area contributed by atoms with Gasteiger partial charge in [0.05, 0.1) is 0 Å². The van der Waals surface area contributed by atoms with Crippen LogP contribution in [0, 0.1) is 0 Å². The van der Waals surface area contributed by atoms with E-state index >= 15 is 0 Å². The summed E-state index contributed by atoms with van der Waals surface area (Å²) in [7, 11) is 0. The van der Waals surface area contributed by atoms with Crippen LogP contribution in [-0.2, 0) is 4.79 Å². The SMILES string of the molecule is CCN(CC)C(=O)C(Sc1nc2ncccn2n1)c1ccccc1. The van der Waals surface area contributed by atoms with Gasteiger partial charge in [-0.2, -0.15) is 4.98 Å². The molecule has 0 saturated heterocycles. The van der Waals surface area contributed by atoms with Crippen molar-refractivity contribution in [3.8, 4) is 0 Å². The van der Waals surface area contributed by atoms with E-state index in [9.17, 15) is 4.79 Å². The number of nitrogens with zero attached hydrogens (tertiary/aromatic N) is 5. The van der Waals surface area contributed by atoms with Crippen molar-refractivity contribution in [1.82, 2.24) is 24.5 Å². The van der Waals surface area contributed by atoms with Crippen molar-refractivity contribution in [1.29, 1.82) is 0 Å². The molecule has 6 nitrogen and oxygen atoms in total. The van der Waals surface area contributed by atoms with Crippen molar-refractivity contribution in [2.45, 2.75) is 24.3 Å². The highest BCUT2D eigenvalue weighted by atomic mass is 32.2. The van der Waals surface area contributed by atoms with E-state index in [4.69, 9.17) is 0 Å². The monoisotopic (exact) mass is 341 g/mol. The van der Waals surface area contributed by atoms with Crippen LogP contribution >= 0.6 is 11.8 Å². The van der Waals surface area contributed by atoms with Crippen molar-refractivity contribution in [2.75, 3.05) is 13.1 Å². The molecule has 0 aliphatic heterocycles. The van der Waals surface area contributed by atoms with Gasteiger partial charge in [0.2, 0.25) is 11.1 Å². The van der Waals surface area contributed by atoms with Crippen LogP contribution in [0.2, 0.25) is 0 Å². The fourth-order valence-electron chi connectivity index (χ4n) is 2.46. The Morgan fingerprint density at radius 2 is 1.96 bits per heavy atom. The standard InChI is InChI=1S/C17H19N5OS/c1-3-21(4-2)15(23)14(13-9-6-5-7-10-13)24-17-19-16-18-11-8-12-22(16)20-17/h5-12,14H,3-4H2,1-2H3. The maximum atomic E-state index is 13.0. The molecule has 1 aromatic carbocycles. The number of carbonyl (C=O) groups excluding carboxylic acids is 1. The van der Waals surface area contributed by atoms with Gasteiger partial charge in [-0.3, -0.25) is 4.79 Å². The highest BCUT2D eigenvalue weighted by Gasteiger charge is 2.27. The second kappa shape index (κ2) is 7.44. The summed E-state index contributed by atoms with van der Waals surface area (Å²) in [5, 5.41) is 4.58. The molecule has 0 aliphatic carbocycles. The summed E-state index contributed by atoms with van der Waals surface area (Å²) in [6, 6.07) is 11.6. The Morgan fingerprint density at radius 1 is 1.21 bits per heavy atom. The average molecular weight is 341 g/mol. The number of benzene rings is 1. The van der Waals surface area contributed by atoms with E-state index in [1.807, 2.05) is 49.1 Å². The predicted octanol–water partition coefficient (Wildman–Crippen LogP) is 2.83. The first kappa shape index (κ1) is 16.4. The minimum atomic E-state index is -0.372. The third kappa shape index (κ3) is 3.41. The summed E-state index contributed by atoms with van der Waals surface area (Å²) >= 11 is 1.36. The Labute approximate surface area is 144 Å². The third-order valence-electron chi connectivity index (χ3n) is 3.72. The number of amides is 1. The first-order chi connectivity index (χ1) is 11.7. The molecule has 124 valence electrons. The van der Waals surface area contributed by atoms with E-state index in [0.717, 1.165) is 5.56 Å². The summed E-state index contributed by atoms with van der Waals surface area (Å²) in [6.07, 6.45) is 3.47. The van der Waals surface area contributed by atoms with Gasteiger partial charge >= 0.3 is 0 Å². The van der Waals surface area contributed by atoms with Gasteiger partial charge in [0.25, 0.3) is 5.78 Å². The minimum absolute atomic E-state index is 0.0722. The van der Waals surface area contributed by atoms with Crippen LogP contribution in [-0.4, -0.2) is 43.5 Å². The first-order valence-corrected chi connectivity index (χ1v) is 8.78. The van der Waals surface area contributed by atoms with Crippen LogP contribution in [0.4, 0.5) is 0 Å². The molecule has 1 atom stereocenters. The van der Waals surface area contributed by atoms with E-state index in [1.165, 1.54) is 11.8 Å². The van der Waals surface area contributed by atoms with Gasteiger partial charge in [0, 0.05) is 25.5 Å². The maximum Gasteiger partial charge on any atom is 0.253 e. The Morgan fingerprint density at radius 3 is 2.62 bits per heavy atom. The van der Waals surface area contributed by atoms with Crippen LogP contribution in [0.3, 0.4) is 0 Å². The minimum Gasteiger partial charge on any atom is -0.342 e.